The maximum atomic E-state index is 11.8. The van der Waals surface area contributed by atoms with Crippen LogP contribution < -0.4 is 5.32 Å². The third-order valence-electron chi connectivity index (χ3n) is 7.69. The van der Waals surface area contributed by atoms with E-state index in [0.717, 1.165) is 37.7 Å². The summed E-state index contributed by atoms with van der Waals surface area (Å²) < 4.78 is 0. The van der Waals surface area contributed by atoms with E-state index in [1.165, 1.54) is 69.8 Å². The summed E-state index contributed by atoms with van der Waals surface area (Å²) in [6, 6.07) is 19.7. The molecule has 244 valence electrons. The van der Waals surface area contributed by atoms with Crippen molar-refractivity contribution in [2.24, 2.45) is 0 Å². The van der Waals surface area contributed by atoms with Gasteiger partial charge in [-0.05, 0) is 30.4 Å². The van der Waals surface area contributed by atoms with Crippen LogP contribution in [0.4, 0.5) is 0 Å². The standard InChI is InChI=1S/C20H31NO2.C19H28O2/c1-2-3-4-5-6-7-11-14-19(22)17-20(23)21-16-15-18-12-9-8-10-13-18;1-2-3-4-5-6-7-11-14-18(20)16-19(21)15-17-12-9-8-10-13-17/h8-10,12-13H,2-7,11,14-17H2,1H3,(H,21,23);8-10,12-13H,2-7,11,14-16H2,1H3. The van der Waals surface area contributed by atoms with Crippen molar-refractivity contribution in [2.75, 3.05) is 6.54 Å². The summed E-state index contributed by atoms with van der Waals surface area (Å²) in [5.41, 5.74) is 2.19. The summed E-state index contributed by atoms with van der Waals surface area (Å²) >= 11 is 0. The number of Topliss-reactive ketones (excluding diaryl/α,β-unsaturated/α-hetero) is 3. The monoisotopic (exact) mass is 605 g/mol. The molecule has 0 bridgehead atoms. The molecule has 0 atom stereocenters. The van der Waals surface area contributed by atoms with Crippen molar-refractivity contribution in [3.8, 4) is 0 Å². The fraction of sp³-hybridized carbons (Fsp3) is 0.590. The normalized spacial score (nSPS) is 10.5. The zero-order valence-corrected chi connectivity index (χ0v) is 27.8. The Kier molecular flexibility index (Phi) is 24.3. The minimum Gasteiger partial charge on any atom is -0.355 e. The Hall–Kier alpha value is -3.08. The Morgan fingerprint density at radius 1 is 0.500 bits per heavy atom. The van der Waals surface area contributed by atoms with Crippen LogP contribution in [-0.4, -0.2) is 29.8 Å². The second-order valence-electron chi connectivity index (χ2n) is 12.0. The third kappa shape index (κ3) is 23.4. The van der Waals surface area contributed by atoms with Gasteiger partial charge in [-0.3, -0.25) is 19.2 Å². The van der Waals surface area contributed by atoms with Gasteiger partial charge in [0.25, 0.3) is 0 Å². The largest absolute Gasteiger partial charge is 0.355 e. The molecule has 0 aliphatic heterocycles. The average Bonchev–Trinajstić information content (AvgIpc) is 3.01. The smallest absolute Gasteiger partial charge is 0.227 e. The number of unbranched alkanes of at least 4 members (excludes halogenated alkanes) is 12. The van der Waals surface area contributed by atoms with E-state index < -0.39 is 0 Å². The lowest BCUT2D eigenvalue weighted by atomic mass is 10.0. The molecular formula is C39H59NO4. The molecule has 2 aromatic rings. The molecule has 0 aromatic heterocycles. The topological polar surface area (TPSA) is 80.3 Å². The van der Waals surface area contributed by atoms with Crippen LogP contribution in [-0.2, 0) is 32.0 Å². The Morgan fingerprint density at radius 3 is 1.43 bits per heavy atom. The molecule has 5 heteroatoms. The minimum atomic E-state index is -0.145. The number of hydrogen-bond donors (Lipinski definition) is 1. The zero-order chi connectivity index (χ0) is 32.1. The molecule has 0 fully saturated rings. The van der Waals surface area contributed by atoms with Crippen LogP contribution in [0.5, 0.6) is 0 Å². The molecule has 1 amide bonds. The van der Waals surface area contributed by atoms with Gasteiger partial charge >= 0.3 is 0 Å². The molecule has 0 heterocycles. The highest BCUT2D eigenvalue weighted by Crippen LogP contribution is 2.11. The predicted molar refractivity (Wildman–Crippen MR) is 183 cm³/mol. The van der Waals surface area contributed by atoms with E-state index in [1.807, 2.05) is 60.7 Å². The van der Waals surface area contributed by atoms with E-state index in [9.17, 15) is 19.2 Å². The fourth-order valence-corrected chi connectivity index (χ4v) is 5.07. The lowest BCUT2D eigenvalue weighted by molar-refractivity contribution is -0.129. The second-order valence-corrected chi connectivity index (χ2v) is 12.0. The molecule has 0 aliphatic carbocycles. The molecule has 5 nitrogen and oxygen atoms in total. The molecule has 44 heavy (non-hydrogen) atoms. The summed E-state index contributed by atoms with van der Waals surface area (Å²) in [6.07, 6.45) is 19.2. The van der Waals surface area contributed by atoms with Crippen LogP contribution in [0, 0.1) is 0 Å². The van der Waals surface area contributed by atoms with Gasteiger partial charge in [-0.2, -0.15) is 0 Å². The van der Waals surface area contributed by atoms with Crippen LogP contribution >= 0.6 is 0 Å². The van der Waals surface area contributed by atoms with Gasteiger partial charge < -0.3 is 5.32 Å². The number of carbonyl (C=O) groups excluding carboxylic acids is 4. The number of hydrogen-bond acceptors (Lipinski definition) is 4. The van der Waals surface area contributed by atoms with Crippen molar-refractivity contribution in [3.05, 3.63) is 71.8 Å². The number of nitrogens with one attached hydrogen (secondary N) is 1. The fourth-order valence-electron chi connectivity index (χ4n) is 5.07. The molecule has 0 saturated heterocycles. The van der Waals surface area contributed by atoms with Crippen LogP contribution in [0.3, 0.4) is 0 Å². The highest BCUT2D eigenvalue weighted by molar-refractivity contribution is 5.99. The number of benzene rings is 2. The van der Waals surface area contributed by atoms with E-state index in [2.05, 4.69) is 19.2 Å². The van der Waals surface area contributed by atoms with Crippen LogP contribution in [0.25, 0.3) is 0 Å². The van der Waals surface area contributed by atoms with Crippen molar-refractivity contribution in [3.63, 3.8) is 0 Å². The van der Waals surface area contributed by atoms with Crippen LogP contribution in [0.1, 0.15) is 141 Å². The maximum Gasteiger partial charge on any atom is 0.227 e. The number of ketones is 3. The Labute approximate surface area is 268 Å². The molecule has 0 radical (unpaired) electrons. The minimum absolute atomic E-state index is 0.0324. The number of carbonyl (C=O) groups is 4. The lowest BCUT2D eigenvalue weighted by Crippen LogP contribution is -2.27. The van der Waals surface area contributed by atoms with E-state index in [-0.39, 0.29) is 36.1 Å². The Bertz CT molecular complexity index is 1020. The first-order valence-electron chi connectivity index (χ1n) is 17.3. The summed E-state index contributed by atoms with van der Waals surface area (Å²) in [7, 11) is 0. The van der Waals surface area contributed by atoms with Crippen LogP contribution in [0.15, 0.2) is 60.7 Å². The van der Waals surface area contributed by atoms with Gasteiger partial charge in [-0.25, -0.2) is 0 Å². The molecule has 0 aliphatic rings. The molecule has 1 N–H and O–H groups in total. The van der Waals surface area contributed by atoms with E-state index in [4.69, 9.17) is 0 Å². The van der Waals surface area contributed by atoms with Crippen molar-refractivity contribution in [2.45, 2.75) is 142 Å². The van der Waals surface area contributed by atoms with Gasteiger partial charge in [0.15, 0.2) is 0 Å². The van der Waals surface area contributed by atoms with Gasteiger partial charge in [0.2, 0.25) is 5.91 Å². The van der Waals surface area contributed by atoms with E-state index in [1.54, 1.807) is 0 Å². The van der Waals surface area contributed by atoms with Gasteiger partial charge in [-0.1, -0.05) is 152 Å². The first-order valence-corrected chi connectivity index (χ1v) is 17.3. The molecular weight excluding hydrogens is 546 g/mol. The van der Waals surface area contributed by atoms with Crippen molar-refractivity contribution < 1.29 is 19.2 Å². The number of amides is 1. The van der Waals surface area contributed by atoms with Crippen molar-refractivity contribution >= 4 is 23.3 Å². The summed E-state index contributed by atoms with van der Waals surface area (Å²) in [5.74, 6) is 0.0586. The molecule has 0 saturated carbocycles. The molecule has 0 spiro atoms. The molecule has 2 rings (SSSR count). The average molecular weight is 606 g/mol. The van der Waals surface area contributed by atoms with Crippen LogP contribution in [0.2, 0.25) is 0 Å². The lowest BCUT2D eigenvalue weighted by Gasteiger charge is -2.05. The third-order valence-corrected chi connectivity index (χ3v) is 7.69. The first kappa shape index (κ1) is 38.9. The Balaban J connectivity index is 0.000000442. The zero-order valence-electron chi connectivity index (χ0n) is 27.8. The van der Waals surface area contributed by atoms with Gasteiger partial charge in [0.1, 0.15) is 17.3 Å². The highest BCUT2D eigenvalue weighted by Gasteiger charge is 2.10. The number of rotatable bonds is 25. The summed E-state index contributed by atoms with van der Waals surface area (Å²) in [6.45, 7) is 5.02. The van der Waals surface area contributed by atoms with Crippen molar-refractivity contribution in [1.82, 2.24) is 5.32 Å². The van der Waals surface area contributed by atoms with Gasteiger partial charge in [0, 0.05) is 25.8 Å². The van der Waals surface area contributed by atoms with Crippen molar-refractivity contribution in [1.29, 1.82) is 0 Å². The maximum absolute atomic E-state index is 11.8. The molecule has 0 unspecified atom stereocenters. The van der Waals surface area contributed by atoms with E-state index in [0.29, 0.717) is 25.8 Å². The van der Waals surface area contributed by atoms with Gasteiger partial charge in [0.05, 0.1) is 12.8 Å². The predicted octanol–water partition coefficient (Wildman–Crippen LogP) is 9.34. The summed E-state index contributed by atoms with van der Waals surface area (Å²) in [4.78, 5) is 47.0. The highest BCUT2D eigenvalue weighted by atomic mass is 16.2. The van der Waals surface area contributed by atoms with E-state index >= 15 is 0 Å². The second kappa shape index (κ2) is 27.5. The summed E-state index contributed by atoms with van der Waals surface area (Å²) in [5, 5.41) is 2.83. The quantitative estimate of drug-likeness (QED) is 0.0903. The first-order chi connectivity index (χ1) is 21.4. The van der Waals surface area contributed by atoms with Gasteiger partial charge in [-0.15, -0.1) is 0 Å². The SMILES string of the molecule is CCCCCCCCCC(=O)CC(=O)Cc1ccccc1.CCCCCCCCCC(=O)CC(=O)NCCc1ccccc1. The Morgan fingerprint density at radius 2 is 0.932 bits per heavy atom. The molecule has 2 aromatic carbocycles.